The summed E-state index contributed by atoms with van der Waals surface area (Å²) in [7, 11) is 1.84. The molecule has 7 heteroatoms. The van der Waals surface area contributed by atoms with Crippen LogP contribution in [-0.4, -0.2) is 29.8 Å². The van der Waals surface area contributed by atoms with Crippen LogP contribution in [0.3, 0.4) is 0 Å². The van der Waals surface area contributed by atoms with Gasteiger partial charge in [0.1, 0.15) is 18.2 Å². The average Bonchev–Trinajstić information content (AvgIpc) is 3.24. The molecule has 0 N–H and O–H groups in total. The maximum atomic E-state index is 12.7. The number of para-hydroxylation sites is 2. The van der Waals surface area contributed by atoms with Crippen molar-refractivity contribution >= 4 is 17.0 Å². The zero-order chi connectivity index (χ0) is 24.6. The lowest BCUT2D eigenvalue weighted by Gasteiger charge is -2.11. The minimum absolute atomic E-state index is 0.234. The van der Waals surface area contributed by atoms with Gasteiger partial charge in [-0.25, -0.2) is 14.2 Å². The number of rotatable bonds is 7. The van der Waals surface area contributed by atoms with E-state index < -0.39 is 5.97 Å². The molecule has 1 aromatic heterocycles. The number of ether oxygens (including phenoxy) is 2. The third-order valence-electron chi connectivity index (χ3n) is 4.61. The van der Waals surface area contributed by atoms with E-state index in [1.165, 1.54) is 7.11 Å². The summed E-state index contributed by atoms with van der Waals surface area (Å²) in [5, 5.41) is 0. The number of methoxy groups -OCH3 is 1. The Hall–Kier alpha value is -3.48. The van der Waals surface area contributed by atoms with Gasteiger partial charge in [-0.05, 0) is 63.1 Å². The van der Waals surface area contributed by atoms with Crippen molar-refractivity contribution < 1.29 is 23.0 Å². The third-order valence-corrected chi connectivity index (χ3v) is 4.61. The topological polar surface area (TPSA) is 53.4 Å². The van der Waals surface area contributed by atoms with E-state index in [1.54, 1.807) is 31.2 Å². The summed E-state index contributed by atoms with van der Waals surface area (Å²) in [6.45, 7) is 6.60. The molecule has 0 aliphatic carbocycles. The molecule has 2 aromatic carbocycles. The molecule has 0 radical (unpaired) electrons. The van der Waals surface area contributed by atoms with Crippen molar-refractivity contribution in [3.8, 4) is 5.75 Å². The second kappa shape index (κ2) is 15.3. The van der Waals surface area contributed by atoms with Gasteiger partial charge in [-0.1, -0.05) is 30.4 Å². The highest BCUT2D eigenvalue weighted by Crippen LogP contribution is 2.20. The number of alkyl halides is 1. The fourth-order valence-electron chi connectivity index (χ4n) is 2.81. The number of allylic oxidation sites excluding steroid dienone is 3. The number of halogens is 2. The van der Waals surface area contributed by atoms with Crippen LogP contribution in [0.5, 0.6) is 5.75 Å². The fraction of sp³-hybridized carbons (Fsp3) is 0.308. The van der Waals surface area contributed by atoms with Crippen LogP contribution < -0.4 is 4.74 Å². The lowest BCUT2D eigenvalue weighted by atomic mass is 10.2. The molecule has 0 aliphatic rings. The molecule has 0 unspecified atom stereocenters. The highest BCUT2D eigenvalue weighted by molar-refractivity contribution is 5.89. The molecule has 0 saturated carbocycles. The number of fused-ring (bicyclic) bond motifs is 1. The van der Waals surface area contributed by atoms with Gasteiger partial charge in [0, 0.05) is 6.54 Å². The normalized spacial score (nSPS) is 10.8. The first-order valence-electron chi connectivity index (χ1n) is 10.5. The van der Waals surface area contributed by atoms with Gasteiger partial charge in [0.2, 0.25) is 0 Å². The maximum absolute atomic E-state index is 12.7. The number of esters is 1. The molecule has 0 bridgehead atoms. The van der Waals surface area contributed by atoms with E-state index in [0.717, 1.165) is 16.9 Å². The molecule has 0 saturated heterocycles. The lowest BCUT2D eigenvalue weighted by molar-refractivity contribution is 0.0600. The van der Waals surface area contributed by atoms with E-state index in [1.807, 2.05) is 54.8 Å². The summed E-state index contributed by atoms with van der Waals surface area (Å²) >= 11 is 0. The molecular formula is C26H32F2N2O3. The van der Waals surface area contributed by atoms with Crippen molar-refractivity contribution in [2.45, 2.75) is 40.3 Å². The molecular weight excluding hydrogens is 426 g/mol. The van der Waals surface area contributed by atoms with Crippen molar-refractivity contribution in [2.24, 2.45) is 0 Å². The average molecular weight is 459 g/mol. The van der Waals surface area contributed by atoms with Crippen LogP contribution >= 0.6 is 0 Å². The van der Waals surface area contributed by atoms with E-state index in [4.69, 9.17) is 9.47 Å². The molecule has 0 fully saturated rings. The Kier molecular flexibility index (Phi) is 12.8. The predicted octanol–water partition coefficient (Wildman–Crippen LogP) is 6.83. The van der Waals surface area contributed by atoms with Gasteiger partial charge >= 0.3 is 5.97 Å². The number of aryl methyl sites for hydroxylation is 1. The van der Waals surface area contributed by atoms with Crippen molar-refractivity contribution in [3.63, 3.8) is 0 Å². The molecule has 1 heterocycles. The highest BCUT2D eigenvalue weighted by atomic mass is 19.1. The Bertz CT molecular complexity index is 1050. The smallest absolute Gasteiger partial charge is 0.337 e. The monoisotopic (exact) mass is 458 g/mol. The quantitative estimate of drug-likeness (QED) is 0.287. The summed E-state index contributed by atoms with van der Waals surface area (Å²) in [6.07, 6.45) is 5.22. The van der Waals surface area contributed by atoms with Crippen molar-refractivity contribution in [2.75, 3.05) is 14.3 Å². The standard InChI is InChI=1S/C21H21FN2O3.C4H8.CH3F/c1-15(13-22)10-11-24-19-9-4-3-8-18(19)23-20(24)14-27-17-7-5-6-16(12-17)21(25)26-2;1-3-4-2;1-2/h3-9,12-13H,10-11,14H2,1-2H3;3-4H,1-2H3;1H3/b15-13-;4-3-;. The molecule has 0 amide bonds. The number of carbonyl (C=O) groups excluding carboxylic acids is 1. The lowest BCUT2D eigenvalue weighted by Crippen LogP contribution is -2.08. The Morgan fingerprint density at radius 2 is 1.79 bits per heavy atom. The summed E-state index contributed by atoms with van der Waals surface area (Å²) in [5.74, 6) is 0.879. The van der Waals surface area contributed by atoms with Crippen molar-refractivity contribution in [1.29, 1.82) is 0 Å². The van der Waals surface area contributed by atoms with Gasteiger partial charge in [-0.3, -0.25) is 4.39 Å². The highest BCUT2D eigenvalue weighted by Gasteiger charge is 2.12. The third kappa shape index (κ3) is 8.52. The second-order valence-electron chi connectivity index (χ2n) is 6.85. The first-order chi connectivity index (χ1) is 16.0. The molecule has 33 heavy (non-hydrogen) atoms. The van der Waals surface area contributed by atoms with Crippen LogP contribution in [0.4, 0.5) is 8.78 Å². The van der Waals surface area contributed by atoms with Gasteiger partial charge < -0.3 is 14.0 Å². The van der Waals surface area contributed by atoms with Crippen molar-refractivity contribution in [3.05, 3.63) is 84.0 Å². The Labute approximate surface area is 194 Å². The molecule has 0 aliphatic heterocycles. The fourth-order valence-corrected chi connectivity index (χ4v) is 2.81. The van der Waals surface area contributed by atoms with E-state index in [9.17, 15) is 13.6 Å². The first-order valence-corrected chi connectivity index (χ1v) is 10.5. The van der Waals surface area contributed by atoms with Crippen LogP contribution in [0.25, 0.3) is 11.0 Å². The van der Waals surface area contributed by atoms with Gasteiger partial charge in [-0.15, -0.1) is 0 Å². The van der Waals surface area contributed by atoms with E-state index in [2.05, 4.69) is 4.98 Å². The summed E-state index contributed by atoms with van der Waals surface area (Å²) in [6, 6.07) is 14.6. The number of carbonyl (C=O) groups is 1. The van der Waals surface area contributed by atoms with Gasteiger partial charge in [0.15, 0.2) is 0 Å². The molecule has 0 atom stereocenters. The second-order valence-corrected chi connectivity index (χ2v) is 6.85. The Morgan fingerprint density at radius 1 is 1.09 bits per heavy atom. The Balaban J connectivity index is 0.000000820. The zero-order valence-corrected chi connectivity index (χ0v) is 19.8. The van der Waals surface area contributed by atoms with Gasteiger partial charge in [-0.2, -0.15) is 0 Å². The summed E-state index contributed by atoms with van der Waals surface area (Å²) in [5.41, 5.74) is 2.94. The predicted molar refractivity (Wildman–Crippen MR) is 129 cm³/mol. The van der Waals surface area contributed by atoms with E-state index in [-0.39, 0.29) is 6.61 Å². The minimum atomic E-state index is -0.416. The first kappa shape index (κ1) is 27.6. The zero-order valence-electron chi connectivity index (χ0n) is 19.8. The number of hydrogen-bond donors (Lipinski definition) is 0. The number of imidazole rings is 1. The van der Waals surface area contributed by atoms with Crippen LogP contribution in [0.15, 0.2) is 72.6 Å². The molecule has 3 aromatic rings. The van der Waals surface area contributed by atoms with Crippen LogP contribution in [-0.2, 0) is 17.9 Å². The van der Waals surface area contributed by atoms with Gasteiger partial charge in [0.05, 0.1) is 37.2 Å². The summed E-state index contributed by atoms with van der Waals surface area (Å²) < 4.78 is 34.8. The summed E-state index contributed by atoms with van der Waals surface area (Å²) in [4.78, 5) is 16.3. The largest absolute Gasteiger partial charge is 0.486 e. The number of nitrogens with zero attached hydrogens (tertiary/aromatic N) is 2. The molecule has 0 spiro atoms. The number of aromatic nitrogens is 2. The van der Waals surface area contributed by atoms with Gasteiger partial charge in [0.25, 0.3) is 0 Å². The maximum Gasteiger partial charge on any atom is 0.337 e. The molecule has 178 valence electrons. The SMILES string of the molecule is C/C=C\C.CF.COC(=O)c1cccc(OCc2nc3ccccc3n2CC/C(C)=C\F)c1. The number of hydrogen-bond acceptors (Lipinski definition) is 4. The number of benzene rings is 2. The Morgan fingerprint density at radius 3 is 2.42 bits per heavy atom. The van der Waals surface area contributed by atoms with Crippen LogP contribution in [0.2, 0.25) is 0 Å². The van der Waals surface area contributed by atoms with E-state index >= 15 is 0 Å². The van der Waals surface area contributed by atoms with Crippen molar-refractivity contribution in [1.82, 2.24) is 9.55 Å². The molecule has 3 rings (SSSR count). The van der Waals surface area contributed by atoms with Crippen LogP contribution in [0.1, 0.15) is 43.4 Å². The molecule has 5 nitrogen and oxygen atoms in total. The van der Waals surface area contributed by atoms with E-state index in [0.29, 0.717) is 43.4 Å². The van der Waals surface area contributed by atoms with Crippen LogP contribution in [0, 0.1) is 0 Å². The minimum Gasteiger partial charge on any atom is -0.486 e.